The Morgan fingerprint density at radius 2 is 1.43 bits per heavy atom. The van der Waals surface area contributed by atoms with Crippen LogP contribution in [0.25, 0.3) is 0 Å². The molecule has 0 bridgehead atoms. The quantitative estimate of drug-likeness (QED) is 0.732. The molecule has 2 aromatic carbocycles. The van der Waals surface area contributed by atoms with Crippen molar-refractivity contribution in [3.63, 3.8) is 0 Å². The van der Waals surface area contributed by atoms with Crippen LogP contribution in [0.1, 0.15) is 61.0 Å². The van der Waals surface area contributed by atoms with E-state index in [1.807, 2.05) is 18.2 Å². The van der Waals surface area contributed by atoms with E-state index in [1.54, 1.807) is 24.3 Å². The normalized spacial score (nSPS) is 20.9. The minimum atomic E-state index is -0.190. The molecule has 5 nitrogen and oxygen atoms in total. The lowest BCUT2D eigenvalue weighted by atomic mass is 9.81. The molecule has 2 fully saturated rings. The molecular formula is C25H28N2O3. The first-order chi connectivity index (χ1) is 14.5. The largest absolute Gasteiger partial charge is 0.321 e. The molecule has 1 saturated heterocycles. The van der Waals surface area contributed by atoms with Crippen LogP contribution in [0.4, 0.5) is 11.4 Å². The summed E-state index contributed by atoms with van der Waals surface area (Å²) in [5, 5.41) is 3.06. The number of carbonyl (C=O) groups is 3. The van der Waals surface area contributed by atoms with Crippen molar-refractivity contribution in [2.24, 2.45) is 11.8 Å². The molecule has 5 heteroatoms. The van der Waals surface area contributed by atoms with Crippen molar-refractivity contribution in [3.8, 4) is 0 Å². The minimum absolute atomic E-state index is 0.0913. The Hall–Kier alpha value is -2.95. The van der Waals surface area contributed by atoms with E-state index in [0.717, 1.165) is 55.3 Å². The van der Waals surface area contributed by atoms with E-state index >= 15 is 0 Å². The van der Waals surface area contributed by atoms with Crippen LogP contribution in [0.15, 0.2) is 42.5 Å². The Balaban J connectivity index is 1.54. The number of nitrogens with one attached hydrogen (secondary N) is 1. The molecular weight excluding hydrogens is 376 g/mol. The van der Waals surface area contributed by atoms with Crippen LogP contribution in [-0.4, -0.2) is 17.7 Å². The molecule has 1 aliphatic carbocycles. The van der Waals surface area contributed by atoms with Gasteiger partial charge in [0.2, 0.25) is 11.8 Å². The highest BCUT2D eigenvalue weighted by Gasteiger charge is 2.48. The molecule has 2 aliphatic rings. The maximum atomic E-state index is 12.9. The summed E-state index contributed by atoms with van der Waals surface area (Å²) in [6.07, 6.45) is 5.28. The van der Waals surface area contributed by atoms with E-state index in [2.05, 4.69) is 19.2 Å². The summed E-state index contributed by atoms with van der Waals surface area (Å²) in [6, 6.07) is 12.9. The molecule has 0 radical (unpaired) electrons. The first kappa shape index (κ1) is 20.3. The summed E-state index contributed by atoms with van der Waals surface area (Å²) in [5.74, 6) is -0.720. The van der Waals surface area contributed by atoms with Crippen LogP contribution in [0.2, 0.25) is 0 Å². The van der Waals surface area contributed by atoms with Gasteiger partial charge >= 0.3 is 0 Å². The Bertz CT molecular complexity index is 934. The van der Waals surface area contributed by atoms with Gasteiger partial charge in [-0.15, -0.1) is 0 Å². The third-order valence-electron chi connectivity index (χ3n) is 6.47. The van der Waals surface area contributed by atoms with Crippen molar-refractivity contribution in [1.29, 1.82) is 0 Å². The number of para-hydroxylation sites is 1. The molecule has 156 valence electrons. The molecule has 2 aromatic rings. The third-order valence-corrected chi connectivity index (χ3v) is 6.47. The molecule has 3 amide bonds. The zero-order valence-electron chi connectivity index (χ0n) is 17.6. The van der Waals surface area contributed by atoms with Crippen molar-refractivity contribution in [2.75, 3.05) is 10.2 Å². The van der Waals surface area contributed by atoms with Crippen LogP contribution in [0.3, 0.4) is 0 Å². The maximum Gasteiger partial charge on any atom is 0.255 e. The Morgan fingerprint density at radius 1 is 0.900 bits per heavy atom. The second kappa shape index (κ2) is 8.42. The minimum Gasteiger partial charge on any atom is -0.321 e. The second-order valence-corrected chi connectivity index (χ2v) is 8.17. The lowest BCUT2D eigenvalue weighted by molar-refractivity contribution is -0.122. The Kier molecular flexibility index (Phi) is 5.71. The summed E-state index contributed by atoms with van der Waals surface area (Å²) in [5.41, 5.74) is 4.15. The SMILES string of the molecule is CCc1cccc(CC)c1NC(=O)c1ccc(N2C(=O)C3CCCCC3C2=O)cc1. The van der Waals surface area contributed by atoms with Gasteiger partial charge < -0.3 is 5.32 Å². The van der Waals surface area contributed by atoms with E-state index < -0.39 is 0 Å². The number of hydrogen-bond acceptors (Lipinski definition) is 3. The standard InChI is InChI=1S/C25H28N2O3/c1-3-16-8-7-9-17(4-2)22(16)26-23(28)18-12-14-19(15-13-18)27-24(29)20-10-5-6-11-21(20)25(27)30/h7-9,12-15,20-21H,3-6,10-11H2,1-2H3,(H,26,28). The molecule has 4 rings (SSSR count). The van der Waals surface area contributed by atoms with Crippen LogP contribution >= 0.6 is 0 Å². The molecule has 2 unspecified atom stereocenters. The lowest BCUT2D eigenvalue weighted by Crippen LogP contribution is -2.30. The predicted octanol–water partition coefficient (Wildman–Crippen LogP) is 4.74. The fourth-order valence-electron chi connectivity index (χ4n) is 4.77. The van der Waals surface area contributed by atoms with Gasteiger partial charge in [0.15, 0.2) is 0 Å². The topological polar surface area (TPSA) is 66.5 Å². The number of hydrogen-bond donors (Lipinski definition) is 1. The molecule has 1 heterocycles. The summed E-state index contributed by atoms with van der Waals surface area (Å²) in [7, 11) is 0. The molecule has 1 aliphatic heterocycles. The van der Waals surface area contributed by atoms with Crippen molar-refractivity contribution >= 4 is 29.1 Å². The summed E-state index contributed by atoms with van der Waals surface area (Å²) in [4.78, 5) is 39.7. The average molecular weight is 405 g/mol. The van der Waals surface area contributed by atoms with Gasteiger partial charge in [0, 0.05) is 11.3 Å². The number of benzene rings is 2. The summed E-state index contributed by atoms with van der Waals surface area (Å²) >= 11 is 0. The van der Waals surface area contributed by atoms with Crippen molar-refractivity contribution < 1.29 is 14.4 Å². The number of rotatable bonds is 5. The fraction of sp³-hybridized carbons (Fsp3) is 0.400. The number of fused-ring (bicyclic) bond motifs is 1. The van der Waals surface area contributed by atoms with Gasteiger partial charge in [-0.05, 0) is 61.1 Å². The molecule has 1 N–H and O–H groups in total. The highest BCUT2D eigenvalue weighted by atomic mass is 16.2. The van der Waals surface area contributed by atoms with Crippen LogP contribution in [0, 0.1) is 11.8 Å². The maximum absolute atomic E-state index is 12.9. The van der Waals surface area contributed by atoms with Crippen molar-refractivity contribution in [3.05, 3.63) is 59.2 Å². The number of nitrogens with zero attached hydrogens (tertiary/aromatic N) is 1. The summed E-state index contributed by atoms with van der Waals surface area (Å²) in [6.45, 7) is 4.14. The van der Waals surface area contributed by atoms with Gasteiger partial charge in [0.25, 0.3) is 5.91 Å². The zero-order valence-corrected chi connectivity index (χ0v) is 17.6. The monoisotopic (exact) mass is 404 g/mol. The van der Waals surface area contributed by atoms with Gasteiger partial charge in [0.05, 0.1) is 17.5 Å². The van der Waals surface area contributed by atoms with Crippen LogP contribution < -0.4 is 10.2 Å². The van der Waals surface area contributed by atoms with E-state index in [1.165, 1.54) is 4.90 Å². The Morgan fingerprint density at radius 3 is 1.93 bits per heavy atom. The number of aryl methyl sites for hydroxylation is 2. The van der Waals surface area contributed by atoms with Gasteiger partial charge in [-0.25, -0.2) is 0 Å². The van der Waals surface area contributed by atoms with E-state index in [-0.39, 0.29) is 29.6 Å². The van der Waals surface area contributed by atoms with E-state index in [4.69, 9.17) is 0 Å². The van der Waals surface area contributed by atoms with Crippen LogP contribution in [0.5, 0.6) is 0 Å². The third kappa shape index (κ3) is 3.53. The van der Waals surface area contributed by atoms with E-state index in [9.17, 15) is 14.4 Å². The fourth-order valence-corrected chi connectivity index (χ4v) is 4.77. The van der Waals surface area contributed by atoms with E-state index in [0.29, 0.717) is 11.3 Å². The molecule has 1 saturated carbocycles. The van der Waals surface area contributed by atoms with Gasteiger partial charge in [0.1, 0.15) is 0 Å². The molecule has 2 atom stereocenters. The van der Waals surface area contributed by atoms with Gasteiger partial charge in [-0.1, -0.05) is 44.9 Å². The second-order valence-electron chi connectivity index (χ2n) is 8.17. The number of carbonyl (C=O) groups excluding carboxylic acids is 3. The predicted molar refractivity (Wildman–Crippen MR) is 118 cm³/mol. The van der Waals surface area contributed by atoms with Gasteiger partial charge in [-0.2, -0.15) is 0 Å². The lowest BCUT2D eigenvalue weighted by Gasteiger charge is -2.19. The zero-order chi connectivity index (χ0) is 21.3. The molecule has 30 heavy (non-hydrogen) atoms. The number of anilines is 2. The van der Waals surface area contributed by atoms with Gasteiger partial charge in [-0.3, -0.25) is 19.3 Å². The molecule has 0 spiro atoms. The van der Waals surface area contributed by atoms with Crippen molar-refractivity contribution in [2.45, 2.75) is 52.4 Å². The molecule has 0 aromatic heterocycles. The highest BCUT2D eigenvalue weighted by Crippen LogP contribution is 2.40. The van der Waals surface area contributed by atoms with Crippen LogP contribution in [-0.2, 0) is 22.4 Å². The first-order valence-corrected chi connectivity index (χ1v) is 10.9. The highest BCUT2D eigenvalue weighted by molar-refractivity contribution is 6.22. The summed E-state index contributed by atoms with van der Waals surface area (Å²) < 4.78 is 0. The smallest absolute Gasteiger partial charge is 0.255 e. The number of amides is 3. The Labute approximate surface area is 177 Å². The number of imide groups is 1. The van der Waals surface area contributed by atoms with Crippen molar-refractivity contribution in [1.82, 2.24) is 0 Å². The first-order valence-electron chi connectivity index (χ1n) is 10.9. The average Bonchev–Trinajstić information content (AvgIpc) is 3.04.